The van der Waals surface area contributed by atoms with Crippen LogP contribution >= 0.6 is 0 Å². The number of ether oxygens (including phenoxy) is 1. The molecule has 1 aromatic carbocycles. The Balaban J connectivity index is 2.89. The zero-order valence-corrected chi connectivity index (χ0v) is 10.9. The molecule has 0 bridgehead atoms. The summed E-state index contributed by atoms with van der Waals surface area (Å²) in [5.74, 6) is 0.447. The maximum Gasteiger partial charge on any atom is 0.101 e. The molecule has 0 aliphatic rings. The zero-order valence-electron chi connectivity index (χ0n) is 10.9. The quantitative estimate of drug-likeness (QED) is 0.849. The van der Waals surface area contributed by atoms with E-state index in [1.165, 1.54) is 0 Å². The lowest BCUT2D eigenvalue weighted by Gasteiger charge is -2.23. The molecule has 0 amide bonds. The molecule has 0 radical (unpaired) electrons. The number of nitrogens with zero attached hydrogens (tertiary/aromatic N) is 1. The van der Waals surface area contributed by atoms with Crippen molar-refractivity contribution in [2.24, 2.45) is 5.92 Å². The molecule has 3 heteroatoms. The minimum atomic E-state index is 0.217. The van der Waals surface area contributed by atoms with E-state index in [1.54, 1.807) is 7.11 Å². The molecular formula is C14H20N2O. The minimum Gasteiger partial charge on any atom is -0.383 e. The molecule has 0 aromatic heterocycles. The molecule has 1 unspecified atom stereocenters. The minimum absolute atomic E-state index is 0.217. The van der Waals surface area contributed by atoms with Crippen LogP contribution in [0.3, 0.4) is 0 Å². The molecule has 0 aliphatic heterocycles. The smallest absolute Gasteiger partial charge is 0.101 e. The van der Waals surface area contributed by atoms with Crippen LogP contribution in [0, 0.1) is 24.2 Å². The van der Waals surface area contributed by atoms with Crippen LogP contribution in [0.1, 0.15) is 25.0 Å². The predicted molar refractivity (Wildman–Crippen MR) is 70.0 cm³/mol. The molecule has 0 saturated heterocycles. The van der Waals surface area contributed by atoms with E-state index < -0.39 is 0 Å². The monoisotopic (exact) mass is 232 g/mol. The van der Waals surface area contributed by atoms with Gasteiger partial charge in [-0.15, -0.1) is 0 Å². The van der Waals surface area contributed by atoms with Crippen molar-refractivity contribution in [3.63, 3.8) is 0 Å². The molecule has 3 nitrogen and oxygen atoms in total. The third-order valence-electron chi connectivity index (χ3n) is 2.79. The van der Waals surface area contributed by atoms with Crippen LogP contribution in [0.5, 0.6) is 0 Å². The standard InChI is InChI=1S/C14H20N2O/c1-10(2)14(9-17-4)16-13-6-5-11(3)7-12(13)8-15/h5-7,10,14,16H,9H2,1-4H3. The van der Waals surface area contributed by atoms with Crippen LogP contribution in [0.2, 0.25) is 0 Å². The fourth-order valence-electron chi connectivity index (χ4n) is 1.66. The second-order valence-electron chi connectivity index (χ2n) is 4.61. The summed E-state index contributed by atoms with van der Waals surface area (Å²) in [7, 11) is 1.69. The van der Waals surface area contributed by atoms with Gasteiger partial charge in [0.1, 0.15) is 6.07 Å². The highest BCUT2D eigenvalue weighted by Crippen LogP contribution is 2.19. The van der Waals surface area contributed by atoms with Crippen LogP contribution < -0.4 is 5.32 Å². The Morgan fingerprint density at radius 1 is 1.41 bits per heavy atom. The topological polar surface area (TPSA) is 45.0 Å². The lowest BCUT2D eigenvalue weighted by Crippen LogP contribution is -2.30. The van der Waals surface area contributed by atoms with E-state index in [0.717, 1.165) is 11.3 Å². The molecule has 1 rings (SSSR count). The number of rotatable bonds is 5. The molecular weight excluding hydrogens is 212 g/mol. The van der Waals surface area contributed by atoms with E-state index in [-0.39, 0.29) is 6.04 Å². The average Bonchev–Trinajstić information content (AvgIpc) is 2.30. The summed E-state index contributed by atoms with van der Waals surface area (Å²) in [5, 5.41) is 12.5. The van der Waals surface area contributed by atoms with Gasteiger partial charge in [-0.3, -0.25) is 0 Å². The Morgan fingerprint density at radius 2 is 2.12 bits per heavy atom. The van der Waals surface area contributed by atoms with Crippen molar-refractivity contribution >= 4 is 5.69 Å². The van der Waals surface area contributed by atoms with Gasteiger partial charge < -0.3 is 10.1 Å². The fourth-order valence-corrected chi connectivity index (χ4v) is 1.66. The van der Waals surface area contributed by atoms with Crippen molar-refractivity contribution < 1.29 is 4.74 Å². The van der Waals surface area contributed by atoms with Gasteiger partial charge in [-0.05, 0) is 30.5 Å². The molecule has 0 spiro atoms. The molecule has 0 saturated carbocycles. The van der Waals surface area contributed by atoms with Gasteiger partial charge >= 0.3 is 0 Å². The largest absolute Gasteiger partial charge is 0.383 e. The van der Waals surface area contributed by atoms with Crippen molar-refractivity contribution in [1.29, 1.82) is 5.26 Å². The van der Waals surface area contributed by atoms with Crippen LogP contribution in [0.25, 0.3) is 0 Å². The van der Waals surface area contributed by atoms with Gasteiger partial charge in [0.2, 0.25) is 0 Å². The fraction of sp³-hybridized carbons (Fsp3) is 0.500. The van der Waals surface area contributed by atoms with Crippen molar-refractivity contribution in [2.45, 2.75) is 26.8 Å². The van der Waals surface area contributed by atoms with Gasteiger partial charge in [0.25, 0.3) is 0 Å². The maximum atomic E-state index is 9.10. The van der Waals surface area contributed by atoms with Gasteiger partial charge in [0.15, 0.2) is 0 Å². The highest BCUT2D eigenvalue weighted by molar-refractivity contribution is 5.59. The van der Waals surface area contributed by atoms with Crippen molar-refractivity contribution in [3.8, 4) is 6.07 Å². The van der Waals surface area contributed by atoms with Gasteiger partial charge in [-0.2, -0.15) is 5.26 Å². The number of methoxy groups -OCH3 is 1. The van der Waals surface area contributed by atoms with Gasteiger partial charge in [0, 0.05) is 7.11 Å². The average molecular weight is 232 g/mol. The van der Waals surface area contributed by atoms with E-state index in [2.05, 4.69) is 25.2 Å². The predicted octanol–water partition coefficient (Wildman–Crippen LogP) is 2.95. The van der Waals surface area contributed by atoms with Gasteiger partial charge in [-0.25, -0.2) is 0 Å². The summed E-state index contributed by atoms with van der Waals surface area (Å²) in [6.45, 7) is 6.89. The number of benzene rings is 1. The number of hydrogen-bond acceptors (Lipinski definition) is 3. The van der Waals surface area contributed by atoms with E-state index in [1.807, 2.05) is 25.1 Å². The SMILES string of the molecule is COCC(Nc1ccc(C)cc1C#N)C(C)C. The van der Waals surface area contributed by atoms with Crippen molar-refractivity contribution in [1.82, 2.24) is 0 Å². The zero-order chi connectivity index (χ0) is 12.8. The second kappa shape index (κ2) is 6.27. The number of aryl methyl sites for hydroxylation is 1. The molecule has 1 N–H and O–H groups in total. The first-order chi connectivity index (χ1) is 8.08. The van der Waals surface area contributed by atoms with Gasteiger partial charge in [0.05, 0.1) is 23.9 Å². The molecule has 17 heavy (non-hydrogen) atoms. The molecule has 92 valence electrons. The summed E-state index contributed by atoms with van der Waals surface area (Å²) in [6.07, 6.45) is 0. The summed E-state index contributed by atoms with van der Waals surface area (Å²) in [5.41, 5.74) is 2.67. The summed E-state index contributed by atoms with van der Waals surface area (Å²) in [4.78, 5) is 0. The molecule has 0 aliphatic carbocycles. The number of nitriles is 1. The molecule has 1 atom stereocenters. The first-order valence-electron chi connectivity index (χ1n) is 5.84. The maximum absolute atomic E-state index is 9.10. The van der Waals surface area contributed by atoms with Crippen molar-refractivity contribution in [2.75, 3.05) is 19.0 Å². The van der Waals surface area contributed by atoms with E-state index in [9.17, 15) is 0 Å². The van der Waals surface area contributed by atoms with E-state index in [0.29, 0.717) is 18.1 Å². The van der Waals surface area contributed by atoms with Crippen molar-refractivity contribution in [3.05, 3.63) is 29.3 Å². The highest BCUT2D eigenvalue weighted by atomic mass is 16.5. The Morgan fingerprint density at radius 3 is 2.65 bits per heavy atom. The third kappa shape index (κ3) is 3.76. The Kier molecular flexibility index (Phi) is 4.99. The summed E-state index contributed by atoms with van der Waals surface area (Å²) < 4.78 is 5.19. The first kappa shape index (κ1) is 13.5. The Bertz CT molecular complexity index is 407. The van der Waals surface area contributed by atoms with Gasteiger partial charge in [-0.1, -0.05) is 19.9 Å². The number of hydrogen-bond donors (Lipinski definition) is 1. The summed E-state index contributed by atoms with van der Waals surface area (Å²) in [6, 6.07) is 8.30. The number of nitrogens with one attached hydrogen (secondary N) is 1. The second-order valence-corrected chi connectivity index (χ2v) is 4.61. The highest BCUT2D eigenvalue weighted by Gasteiger charge is 2.14. The van der Waals surface area contributed by atoms with Crippen LogP contribution in [0.4, 0.5) is 5.69 Å². The van der Waals surface area contributed by atoms with Crippen LogP contribution in [-0.2, 0) is 4.74 Å². The van der Waals surface area contributed by atoms with Crippen LogP contribution in [0.15, 0.2) is 18.2 Å². The van der Waals surface area contributed by atoms with Crippen LogP contribution in [-0.4, -0.2) is 19.8 Å². The summed E-state index contributed by atoms with van der Waals surface area (Å²) >= 11 is 0. The van der Waals surface area contributed by atoms with E-state index >= 15 is 0 Å². The molecule has 0 fully saturated rings. The molecule has 1 aromatic rings. The Labute approximate surface area is 103 Å². The lowest BCUT2D eigenvalue weighted by atomic mass is 10.0. The normalized spacial score (nSPS) is 12.2. The lowest BCUT2D eigenvalue weighted by molar-refractivity contribution is 0.171. The first-order valence-corrected chi connectivity index (χ1v) is 5.84. The number of anilines is 1. The molecule has 0 heterocycles. The van der Waals surface area contributed by atoms with E-state index in [4.69, 9.17) is 10.00 Å². The Hall–Kier alpha value is -1.53. The third-order valence-corrected chi connectivity index (χ3v) is 2.79.